The minimum atomic E-state index is -4.57. The van der Waals surface area contributed by atoms with Crippen molar-refractivity contribution in [2.24, 2.45) is 0 Å². The quantitative estimate of drug-likeness (QED) is 0.191. The third-order valence-electron chi connectivity index (χ3n) is 3.10. The summed E-state index contributed by atoms with van der Waals surface area (Å²) in [7, 11) is -4.57. The third kappa shape index (κ3) is 25.8. The van der Waals surface area contributed by atoms with Crippen molar-refractivity contribution >= 4 is 10.4 Å². The van der Waals surface area contributed by atoms with Crippen LogP contribution in [0, 0.1) is 0 Å². The molecule has 0 atom stereocenters. The smallest absolute Gasteiger partial charge is 0.726 e. The first-order valence-electron chi connectivity index (χ1n) is 7.74. The topological polar surface area (TPSA) is 75.7 Å². The Morgan fingerprint density at radius 2 is 1.23 bits per heavy atom. The maximum absolute atomic E-state index is 10.1. The molecule has 0 aromatic heterocycles. The van der Waals surface area contributed by atoms with Crippen molar-refractivity contribution in [2.45, 2.75) is 78.6 Å². The van der Waals surface area contributed by atoms with Crippen molar-refractivity contribution in [3.8, 4) is 0 Å². The molecule has 0 aliphatic carbocycles. The van der Waals surface area contributed by atoms with Crippen molar-refractivity contribution in [3.63, 3.8) is 0 Å². The summed E-state index contributed by atoms with van der Waals surface area (Å²) in [6, 6.07) is 0. The van der Waals surface area contributed by atoms with Crippen molar-refractivity contribution in [1.82, 2.24) is 0 Å². The van der Waals surface area contributed by atoms with E-state index in [1.54, 1.807) is 0 Å². The van der Waals surface area contributed by atoms with Crippen LogP contribution >= 0.6 is 0 Å². The average molecular weight is 348 g/mol. The fourth-order valence-corrected chi connectivity index (χ4v) is 2.26. The van der Waals surface area contributed by atoms with E-state index in [9.17, 15) is 13.0 Å². The van der Waals surface area contributed by atoms with Gasteiger partial charge in [0.2, 0.25) is 10.4 Å². The van der Waals surface area contributed by atoms with E-state index in [1.165, 1.54) is 51.4 Å². The molecule has 0 fully saturated rings. The first-order valence-corrected chi connectivity index (χ1v) is 9.07. The standard InChI is InChI=1S/C14H30O5S.CH4.Na/c1-2-3-4-5-6-7-8-9-10-11-12-18-13-14-19-20(15,16)17;;/h2-14H2,1H3,(H,15,16,17);1H4;/q;;+1/p-1. The van der Waals surface area contributed by atoms with Gasteiger partial charge in [0.1, 0.15) is 0 Å². The Labute approximate surface area is 159 Å². The van der Waals surface area contributed by atoms with E-state index in [0.717, 1.165) is 12.8 Å². The first-order chi connectivity index (χ1) is 9.56. The van der Waals surface area contributed by atoms with Crippen LogP contribution < -0.4 is 29.6 Å². The second-order valence-electron chi connectivity index (χ2n) is 5.02. The second-order valence-corrected chi connectivity index (χ2v) is 6.08. The molecule has 130 valence electrons. The molecule has 0 aromatic carbocycles. The normalized spacial score (nSPS) is 10.8. The van der Waals surface area contributed by atoms with Gasteiger partial charge in [-0.1, -0.05) is 72.1 Å². The van der Waals surface area contributed by atoms with Crippen LogP contribution in [0.1, 0.15) is 78.6 Å². The number of hydrogen-bond donors (Lipinski definition) is 0. The molecule has 0 radical (unpaired) electrons. The Morgan fingerprint density at radius 3 is 1.68 bits per heavy atom. The molecule has 0 rings (SSSR count). The molecule has 0 saturated heterocycles. The van der Waals surface area contributed by atoms with Gasteiger partial charge in [0.25, 0.3) is 0 Å². The van der Waals surface area contributed by atoms with Crippen molar-refractivity contribution < 1.29 is 51.4 Å². The minimum Gasteiger partial charge on any atom is -0.726 e. The Morgan fingerprint density at radius 1 is 0.773 bits per heavy atom. The van der Waals surface area contributed by atoms with Gasteiger partial charge in [-0.15, -0.1) is 0 Å². The van der Waals surface area contributed by atoms with Crippen molar-refractivity contribution in [1.29, 1.82) is 0 Å². The molecule has 0 heterocycles. The van der Waals surface area contributed by atoms with Gasteiger partial charge in [-0.3, -0.25) is 4.18 Å². The predicted octanol–water partition coefficient (Wildman–Crippen LogP) is 1.04. The van der Waals surface area contributed by atoms with E-state index in [-0.39, 0.29) is 50.2 Å². The fraction of sp³-hybridized carbons (Fsp3) is 1.00. The predicted molar refractivity (Wildman–Crippen MR) is 85.0 cm³/mol. The molecular weight excluding hydrogens is 315 g/mol. The van der Waals surface area contributed by atoms with Gasteiger partial charge in [-0.25, -0.2) is 8.42 Å². The van der Waals surface area contributed by atoms with Gasteiger partial charge in [0, 0.05) is 6.61 Å². The zero-order chi connectivity index (χ0) is 15.1. The molecule has 0 aliphatic rings. The first kappa shape index (κ1) is 27.7. The second kappa shape index (κ2) is 19.9. The molecular formula is C15H33NaO5S. The Kier molecular flexibility index (Phi) is 25.0. The van der Waals surface area contributed by atoms with Crippen LogP contribution in [0.3, 0.4) is 0 Å². The van der Waals surface area contributed by atoms with Crippen LogP contribution in [0.2, 0.25) is 0 Å². The van der Waals surface area contributed by atoms with Gasteiger partial charge in [-0.05, 0) is 6.42 Å². The summed E-state index contributed by atoms with van der Waals surface area (Å²) < 4.78 is 39.5. The van der Waals surface area contributed by atoms with Gasteiger partial charge < -0.3 is 9.29 Å². The number of rotatable bonds is 15. The summed E-state index contributed by atoms with van der Waals surface area (Å²) in [5, 5.41) is 0. The number of ether oxygens (including phenoxy) is 1. The van der Waals surface area contributed by atoms with Gasteiger partial charge >= 0.3 is 29.6 Å². The molecule has 0 aliphatic heterocycles. The summed E-state index contributed by atoms with van der Waals surface area (Å²) in [6.45, 7) is 2.79. The molecule has 0 aromatic rings. The van der Waals surface area contributed by atoms with Gasteiger partial charge in [0.15, 0.2) is 0 Å². The van der Waals surface area contributed by atoms with E-state index in [4.69, 9.17) is 4.74 Å². The molecule has 0 bridgehead atoms. The number of unbranched alkanes of at least 4 members (excludes halogenated alkanes) is 9. The van der Waals surface area contributed by atoms with E-state index < -0.39 is 10.4 Å². The summed E-state index contributed by atoms with van der Waals surface area (Å²) in [6.07, 6.45) is 12.7. The van der Waals surface area contributed by atoms with Crippen LogP contribution in [-0.4, -0.2) is 32.8 Å². The van der Waals surface area contributed by atoms with Crippen LogP contribution in [0.15, 0.2) is 0 Å². The molecule has 0 N–H and O–H groups in total. The monoisotopic (exact) mass is 348 g/mol. The molecule has 5 nitrogen and oxygen atoms in total. The van der Waals surface area contributed by atoms with Crippen LogP contribution in [0.25, 0.3) is 0 Å². The SMILES string of the molecule is C.CCCCCCCCCCCCOCCOS(=O)(=O)[O-].[Na+]. The summed E-state index contributed by atoms with van der Waals surface area (Å²) >= 11 is 0. The van der Waals surface area contributed by atoms with E-state index >= 15 is 0 Å². The maximum Gasteiger partial charge on any atom is 1.00 e. The maximum atomic E-state index is 10.1. The minimum absolute atomic E-state index is 0. The Hall–Kier alpha value is 0.830. The molecule has 0 saturated carbocycles. The van der Waals surface area contributed by atoms with E-state index in [2.05, 4.69) is 11.1 Å². The number of hydrogen-bond acceptors (Lipinski definition) is 5. The van der Waals surface area contributed by atoms with Crippen molar-refractivity contribution in [3.05, 3.63) is 0 Å². The van der Waals surface area contributed by atoms with Crippen LogP contribution in [0.5, 0.6) is 0 Å². The Bertz CT molecular complexity index is 296. The van der Waals surface area contributed by atoms with Gasteiger partial charge in [-0.2, -0.15) is 0 Å². The Balaban J connectivity index is -0.00000180. The zero-order valence-electron chi connectivity index (χ0n) is 13.6. The third-order valence-corrected chi connectivity index (χ3v) is 3.55. The molecule has 0 amide bonds. The summed E-state index contributed by atoms with van der Waals surface area (Å²) in [5.41, 5.74) is 0. The summed E-state index contributed by atoms with van der Waals surface area (Å²) in [5.74, 6) is 0. The van der Waals surface area contributed by atoms with E-state index in [1.807, 2.05) is 0 Å². The molecule has 0 unspecified atom stereocenters. The molecule has 0 spiro atoms. The van der Waals surface area contributed by atoms with Crippen molar-refractivity contribution in [2.75, 3.05) is 19.8 Å². The fourth-order valence-electron chi connectivity index (χ4n) is 1.99. The molecule has 7 heteroatoms. The van der Waals surface area contributed by atoms with Crippen LogP contribution in [-0.2, 0) is 19.3 Å². The zero-order valence-corrected chi connectivity index (χ0v) is 16.5. The molecule has 22 heavy (non-hydrogen) atoms. The summed E-state index contributed by atoms with van der Waals surface area (Å²) in [4.78, 5) is 0. The van der Waals surface area contributed by atoms with Gasteiger partial charge in [0.05, 0.1) is 13.2 Å². The van der Waals surface area contributed by atoms with Crippen LogP contribution in [0.4, 0.5) is 0 Å². The largest absolute Gasteiger partial charge is 1.00 e. The average Bonchev–Trinajstić information content (AvgIpc) is 2.38. The van der Waals surface area contributed by atoms with E-state index in [0.29, 0.717) is 6.61 Å².